The van der Waals surface area contributed by atoms with Gasteiger partial charge in [-0.25, -0.2) is 13.4 Å². The van der Waals surface area contributed by atoms with Gasteiger partial charge in [0.2, 0.25) is 0 Å². The second kappa shape index (κ2) is 7.62. The van der Waals surface area contributed by atoms with Crippen molar-refractivity contribution in [1.82, 2.24) is 4.98 Å². The Labute approximate surface area is 185 Å². The van der Waals surface area contributed by atoms with Gasteiger partial charge in [0, 0.05) is 30.5 Å². The van der Waals surface area contributed by atoms with Crippen LogP contribution < -0.4 is 10.2 Å². The fourth-order valence-electron chi connectivity index (χ4n) is 4.20. The summed E-state index contributed by atoms with van der Waals surface area (Å²) in [6.45, 7) is 7.90. The summed E-state index contributed by atoms with van der Waals surface area (Å²) >= 11 is 0. The van der Waals surface area contributed by atoms with E-state index in [4.69, 9.17) is 0 Å². The molecule has 1 aliphatic carbocycles. The van der Waals surface area contributed by atoms with E-state index in [0.717, 1.165) is 31.6 Å². The molecule has 1 N–H and O–H groups in total. The van der Waals surface area contributed by atoms with Crippen LogP contribution in [0.25, 0.3) is 0 Å². The first kappa shape index (κ1) is 21.8. The average Bonchev–Trinajstić information content (AvgIpc) is 3.46. The SMILES string of the molecule is CC(C)(C)c1cccc(NC(=O)c2ccc(S(C)(=O)=O)cc2N2CCC3(CC2)CC3)n1. The smallest absolute Gasteiger partial charge is 0.258 e. The van der Waals surface area contributed by atoms with Crippen LogP contribution in [0.15, 0.2) is 41.3 Å². The molecule has 4 rings (SSSR count). The molecule has 1 saturated heterocycles. The largest absolute Gasteiger partial charge is 0.371 e. The highest BCUT2D eigenvalue weighted by atomic mass is 32.2. The Morgan fingerprint density at radius 1 is 1.06 bits per heavy atom. The molecule has 31 heavy (non-hydrogen) atoms. The van der Waals surface area contributed by atoms with Crippen molar-refractivity contribution in [1.29, 1.82) is 0 Å². The number of pyridine rings is 1. The maximum absolute atomic E-state index is 13.2. The number of hydrogen-bond donors (Lipinski definition) is 1. The van der Waals surface area contributed by atoms with E-state index >= 15 is 0 Å². The summed E-state index contributed by atoms with van der Waals surface area (Å²) in [6.07, 6.45) is 5.95. The van der Waals surface area contributed by atoms with Gasteiger partial charge in [-0.3, -0.25) is 4.79 Å². The van der Waals surface area contributed by atoms with Gasteiger partial charge in [-0.15, -0.1) is 0 Å². The van der Waals surface area contributed by atoms with E-state index in [0.29, 0.717) is 22.5 Å². The fraction of sp³-hybridized carbons (Fsp3) is 0.500. The molecule has 0 radical (unpaired) electrons. The number of sulfone groups is 1. The van der Waals surface area contributed by atoms with E-state index in [1.807, 2.05) is 12.1 Å². The van der Waals surface area contributed by atoms with Gasteiger partial charge in [-0.2, -0.15) is 0 Å². The molecule has 2 fully saturated rings. The Kier molecular flexibility index (Phi) is 5.36. The van der Waals surface area contributed by atoms with E-state index in [2.05, 4.69) is 36.0 Å². The second-order valence-corrected chi connectivity index (χ2v) is 12.1. The first-order valence-electron chi connectivity index (χ1n) is 10.8. The first-order valence-corrected chi connectivity index (χ1v) is 12.7. The maximum atomic E-state index is 13.2. The Hall–Kier alpha value is -2.41. The van der Waals surface area contributed by atoms with Crippen molar-refractivity contribution in [3.05, 3.63) is 47.7 Å². The molecule has 1 saturated carbocycles. The first-order chi connectivity index (χ1) is 14.5. The number of rotatable bonds is 4. The Morgan fingerprint density at radius 2 is 1.74 bits per heavy atom. The molecule has 0 unspecified atom stereocenters. The van der Waals surface area contributed by atoms with Crippen LogP contribution in [0.5, 0.6) is 0 Å². The number of piperidine rings is 1. The van der Waals surface area contributed by atoms with Crippen molar-refractivity contribution < 1.29 is 13.2 Å². The summed E-state index contributed by atoms with van der Waals surface area (Å²) in [5.74, 6) is 0.214. The lowest BCUT2D eigenvalue weighted by Crippen LogP contribution is -2.35. The van der Waals surface area contributed by atoms with Crippen LogP contribution in [0.3, 0.4) is 0 Å². The zero-order chi connectivity index (χ0) is 22.4. The third-order valence-corrected chi connectivity index (χ3v) is 7.63. The predicted octanol–water partition coefficient (Wildman–Crippen LogP) is 4.42. The van der Waals surface area contributed by atoms with Crippen LogP contribution in [0.1, 0.15) is 62.5 Å². The molecule has 2 heterocycles. The van der Waals surface area contributed by atoms with Crippen molar-refractivity contribution in [2.24, 2.45) is 5.41 Å². The summed E-state index contributed by atoms with van der Waals surface area (Å²) in [5.41, 5.74) is 2.41. The van der Waals surface area contributed by atoms with Crippen LogP contribution in [-0.4, -0.2) is 38.7 Å². The minimum absolute atomic E-state index is 0.129. The van der Waals surface area contributed by atoms with E-state index in [1.54, 1.807) is 18.2 Å². The summed E-state index contributed by atoms with van der Waals surface area (Å²) < 4.78 is 24.3. The van der Waals surface area contributed by atoms with Gasteiger partial charge >= 0.3 is 0 Å². The lowest BCUT2D eigenvalue weighted by Gasteiger charge is -2.35. The van der Waals surface area contributed by atoms with Crippen molar-refractivity contribution in [3.63, 3.8) is 0 Å². The Bertz CT molecular complexity index is 1110. The predicted molar refractivity (Wildman–Crippen MR) is 124 cm³/mol. The highest BCUT2D eigenvalue weighted by Crippen LogP contribution is 2.54. The van der Waals surface area contributed by atoms with E-state index in [-0.39, 0.29) is 16.2 Å². The number of aromatic nitrogens is 1. The molecule has 1 aromatic carbocycles. The lowest BCUT2D eigenvalue weighted by atomic mass is 9.92. The highest BCUT2D eigenvalue weighted by molar-refractivity contribution is 7.90. The quantitative estimate of drug-likeness (QED) is 0.760. The minimum Gasteiger partial charge on any atom is -0.371 e. The van der Waals surface area contributed by atoms with Crippen molar-refractivity contribution in [2.75, 3.05) is 29.6 Å². The standard InChI is InChI=1S/C24H31N3O3S/c1-23(2,3)20-6-5-7-21(25-20)26-22(28)18-9-8-17(31(4,29)30)16-19(18)27-14-12-24(10-11-24)13-15-27/h5-9,16H,10-15H2,1-4H3,(H,25,26,28). The number of nitrogens with one attached hydrogen (secondary N) is 1. The molecule has 1 aliphatic heterocycles. The van der Waals surface area contributed by atoms with Crippen LogP contribution in [-0.2, 0) is 15.3 Å². The molecule has 166 valence electrons. The van der Waals surface area contributed by atoms with Gasteiger partial charge in [0.15, 0.2) is 9.84 Å². The van der Waals surface area contributed by atoms with Gasteiger partial charge in [0.25, 0.3) is 5.91 Å². The van der Waals surface area contributed by atoms with Crippen LogP contribution in [0.2, 0.25) is 0 Å². The normalized spacial score (nSPS) is 18.1. The number of carbonyl (C=O) groups is 1. The zero-order valence-corrected chi connectivity index (χ0v) is 19.6. The average molecular weight is 442 g/mol. The second-order valence-electron chi connectivity index (χ2n) is 10.1. The minimum atomic E-state index is -3.37. The van der Waals surface area contributed by atoms with E-state index in [1.165, 1.54) is 25.2 Å². The summed E-state index contributed by atoms with van der Waals surface area (Å²) in [6, 6.07) is 10.4. The topological polar surface area (TPSA) is 79.4 Å². The van der Waals surface area contributed by atoms with Gasteiger partial charge < -0.3 is 10.2 Å². The number of benzene rings is 1. The van der Waals surface area contributed by atoms with Crippen molar-refractivity contribution in [2.45, 2.75) is 56.8 Å². The summed E-state index contributed by atoms with van der Waals surface area (Å²) in [4.78, 5) is 20.2. The highest BCUT2D eigenvalue weighted by Gasteiger charge is 2.44. The Balaban J connectivity index is 1.64. The van der Waals surface area contributed by atoms with E-state index in [9.17, 15) is 13.2 Å². The number of hydrogen-bond acceptors (Lipinski definition) is 5. The number of nitrogens with zero attached hydrogens (tertiary/aromatic N) is 2. The molecular weight excluding hydrogens is 410 g/mol. The monoisotopic (exact) mass is 441 g/mol. The molecule has 0 atom stereocenters. The molecule has 1 amide bonds. The third-order valence-electron chi connectivity index (χ3n) is 6.52. The summed E-state index contributed by atoms with van der Waals surface area (Å²) in [7, 11) is -3.37. The maximum Gasteiger partial charge on any atom is 0.258 e. The van der Waals surface area contributed by atoms with Gasteiger partial charge in [0.1, 0.15) is 5.82 Å². The molecule has 1 spiro atoms. The van der Waals surface area contributed by atoms with Gasteiger partial charge in [0.05, 0.1) is 16.1 Å². The number of carbonyl (C=O) groups excluding carboxylic acids is 1. The Morgan fingerprint density at radius 3 is 2.32 bits per heavy atom. The molecule has 2 aromatic rings. The number of anilines is 2. The lowest BCUT2D eigenvalue weighted by molar-refractivity contribution is 0.102. The zero-order valence-electron chi connectivity index (χ0n) is 18.7. The summed E-state index contributed by atoms with van der Waals surface area (Å²) in [5, 5.41) is 2.91. The molecule has 6 nitrogen and oxygen atoms in total. The van der Waals surface area contributed by atoms with Crippen molar-refractivity contribution in [3.8, 4) is 0 Å². The fourth-order valence-corrected chi connectivity index (χ4v) is 4.84. The van der Waals surface area contributed by atoms with Gasteiger partial charge in [-0.1, -0.05) is 26.8 Å². The van der Waals surface area contributed by atoms with Crippen molar-refractivity contribution >= 4 is 27.2 Å². The molecular formula is C24H31N3O3S. The van der Waals surface area contributed by atoms with E-state index < -0.39 is 9.84 Å². The van der Waals surface area contributed by atoms with Crippen LogP contribution >= 0.6 is 0 Å². The van der Waals surface area contributed by atoms with Crippen LogP contribution in [0, 0.1) is 5.41 Å². The molecule has 1 aromatic heterocycles. The third kappa shape index (κ3) is 4.76. The van der Waals surface area contributed by atoms with Crippen LogP contribution in [0.4, 0.5) is 11.5 Å². The number of amides is 1. The molecule has 2 aliphatic rings. The van der Waals surface area contributed by atoms with Gasteiger partial charge in [-0.05, 0) is 61.4 Å². The molecule has 7 heteroatoms. The molecule has 0 bridgehead atoms.